The molecule has 0 spiro atoms. The molecule has 8 nitrogen and oxygen atoms in total. The second-order valence-corrected chi connectivity index (χ2v) is 12.0. The van der Waals surface area contributed by atoms with Crippen LogP contribution in [0.5, 0.6) is 5.75 Å². The van der Waals surface area contributed by atoms with Gasteiger partial charge < -0.3 is 15.0 Å². The van der Waals surface area contributed by atoms with E-state index in [4.69, 9.17) is 27.9 Å². The van der Waals surface area contributed by atoms with Gasteiger partial charge in [-0.15, -0.1) is 0 Å². The summed E-state index contributed by atoms with van der Waals surface area (Å²) in [6.07, 6.45) is 0.725. The number of ether oxygens (including phenoxy) is 1. The average molecular weight is 607 g/mol. The highest BCUT2D eigenvalue weighted by Gasteiger charge is 2.32. The first-order chi connectivity index (χ1) is 19.0. The number of benzene rings is 3. The maximum Gasteiger partial charge on any atom is 0.264 e. The molecule has 1 atom stereocenters. The van der Waals surface area contributed by atoms with Crippen molar-refractivity contribution in [1.82, 2.24) is 10.2 Å². The van der Waals surface area contributed by atoms with Crippen LogP contribution in [0.15, 0.2) is 71.6 Å². The maximum absolute atomic E-state index is 13.9. The van der Waals surface area contributed by atoms with E-state index in [0.29, 0.717) is 12.3 Å². The molecular formula is C29H33Cl2N3O5S. The second-order valence-electron chi connectivity index (χ2n) is 9.29. The normalized spacial score (nSPS) is 11.9. The van der Waals surface area contributed by atoms with E-state index in [-0.39, 0.29) is 33.1 Å². The van der Waals surface area contributed by atoms with Gasteiger partial charge in [0.25, 0.3) is 10.0 Å². The van der Waals surface area contributed by atoms with Gasteiger partial charge in [0, 0.05) is 23.1 Å². The highest BCUT2D eigenvalue weighted by molar-refractivity contribution is 7.92. The monoisotopic (exact) mass is 605 g/mol. The van der Waals surface area contributed by atoms with E-state index in [1.54, 1.807) is 50.4 Å². The topological polar surface area (TPSA) is 96.0 Å². The van der Waals surface area contributed by atoms with Crippen molar-refractivity contribution >= 4 is 50.7 Å². The lowest BCUT2D eigenvalue weighted by Crippen LogP contribution is -2.51. The van der Waals surface area contributed by atoms with Crippen LogP contribution in [0.4, 0.5) is 5.69 Å². The number of nitrogens with zero attached hydrogens (tertiary/aromatic N) is 2. The van der Waals surface area contributed by atoms with Crippen LogP contribution in [0, 0.1) is 6.92 Å². The van der Waals surface area contributed by atoms with Crippen molar-refractivity contribution < 1.29 is 22.7 Å². The Morgan fingerprint density at radius 3 is 2.12 bits per heavy atom. The van der Waals surface area contributed by atoms with Crippen molar-refractivity contribution in [3.63, 3.8) is 0 Å². The zero-order chi connectivity index (χ0) is 29.4. The zero-order valence-corrected chi connectivity index (χ0v) is 25.2. The first kappa shape index (κ1) is 31.3. The predicted octanol–water partition coefficient (Wildman–Crippen LogP) is 5.45. The third-order valence-corrected chi connectivity index (χ3v) is 8.48. The van der Waals surface area contributed by atoms with Crippen molar-refractivity contribution in [2.75, 3.05) is 24.5 Å². The summed E-state index contributed by atoms with van der Waals surface area (Å²) in [4.78, 5) is 28.2. The van der Waals surface area contributed by atoms with Crippen molar-refractivity contribution in [3.8, 4) is 5.75 Å². The lowest BCUT2D eigenvalue weighted by Gasteiger charge is -2.32. The Balaban J connectivity index is 2.04. The maximum atomic E-state index is 13.9. The van der Waals surface area contributed by atoms with Gasteiger partial charge in [0.05, 0.1) is 17.7 Å². The molecule has 0 heterocycles. The third-order valence-electron chi connectivity index (χ3n) is 6.25. The van der Waals surface area contributed by atoms with E-state index in [1.165, 1.54) is 35.2 Å². The van der Waals surface area contributed by atoms with Gasteiger partial charge in [-0.3, -0.25) is 13.9 Å². The molecule has 0 unspecified atom stereocenters. The molecule has 0 bridgehead atoms. The molecule has 0 aliphatic carbocycles. The first-order valence-electron chi connectivity index (χ1n) is 12.7. The van der Waals surface area contributed by atoms with Crippen molar-refractivity contribution in [2.24, 2.45) is 0 Å². The van der Waals surface area contributed by atoms with Gasteiger partial charge in [-0.2, -0.15) is 0 Å². The van der Waals surface area contributed by atoms with Gasteiger partial charge in [0.1, 0.15) is 18.3 Å². The summed E-state index contributed by atoms with van der Waals surface area (Å²) in [6.45, 7) is 5.31. The van der Waals surface area contributed by atoms with Gasteiger partial charge in [0.2, 0.25) is 11.8 Å². The smallest absolute Gasteiger partial charge is 0.264 e. The van der Waals surface area contributed by atoms with Crippen LogP contribution in [-0.2, 0) is 26.2 Å². The molecule has 40 heavy (non-hydrogen) atoms. The summed E-state index contributed by atoms with van der Waals surface area (Å²) < 4.78 is 33.9. The van der Waals surface area contributed by atoms with E-state index in [2.05, 4.69) is 5.32 Å². The van der Waals surface area contributed by atoms with E-state index in [1.807, 2.05) is 13.8 Å². The standard InChI is InChI=1S/C29H33Cl2N3O5S/c1-5-14-32-29(36)21(3)33(18-22-8-10-26(39-4)11-9-22)28(35)19-34(25-16-23(30)15-24(31)17-25)40(37,38)27-12-6-20(2)7-13-27/h6-13,15-17,21H,5,14,18-19H2,1-4H3,(H,32,36)/t21-/m1/s1. The van der Waals surface area contributed by atoms with Gasteiger partial charge in [-0.25, -0.2) is 8.42 Å². The number of anilines is 1. The Morgan fingerprint density at radius 2 is 1.57 bits per heavy atom. The number of carbonyl (C=O) groups is 2. The molecule has 0 saturated heterocycles. The fraction of sp³-hybridized carbons (Fsp3) is 0.310. The van der Waals surface area contributed by atoms with Crippen LogP contribution < -0.4 is 14.4 Å². The van der Waals surface area contributed by atoms with Gasteiger partial charge in [-0.05, 0) is 68.3 Å². The summed E-state index contributed by atoms with van der Waals surface area (Å²) in [5.41, 5.74) is 1.74. The zero-order valence-electron chi connectivity index (χ0n) is 22.9. The molecule has 3 aromatic carbocycles. The molecule has 11 heteroatoms. The molecule has 0 aliphatic rings. The molecule has 0 radical (unpaired) electrons. The second kappa shape index (κ2) is 13.9. The summed E-state index contributed by atoms with van der Waals surface area (Å²) >= 11 is 12.4. The summed E-state index contributed by atoms with van der Waals surface area (Å²) in [7, 11) is -2.67. The number of hydrogen-bond donors (Lipinski definition) is 1. The van der Waals surface area contributed by atoms with Crippen molar-refractivity contribution in [1.29, 1.82) is 0 Å². The summed E-state index contributed by atoms with van der Waals surface area (Å²) in [5.74, 6) is -0.284. The summed E-state index contributed by atoms with van der Waals surface area (Å²) in [5, 5.41) is 3.23. The fourth-order valence-corrected chi connectivity index (χ4v) is 5.87. The van der Waals surface area contributed by atoms with Crippen LogP contribution in [-0.4, -0.2) is 51.4 Å². The predicted molar refractivity (Wildman–Crippen MR) is 158 cm³/mol. The number of carbonyl (C=O) groups excluding carboxylic acids is 2. The minimum absolute atomic E-state index is 0.00237. The number of hydrogen-bond acceptors (Lipinski definition) is 5. The minimum atomic E-state index is -4.22. The number of methoxy groups -OCH3 is 1. The largest absolute Gasteiger partial charge is 0.497 e. The molecule has 0 fully saturated rings. The number of aryl methyl sites for hydroxylation is 1. The Kier molecular flexibility index (Phi) is 10.8. The fourth-order valence-electron chi connectivity index (χ4n) is 3.96. The number of sulfonamides is 1. The highest BCUT2D eigenvalue weighted by atomic mass is 35.5. The van der Waals surface area contributed by atoms with Crippen molar-refractivity contribution in [2.45, 2.75) is 44.7 Å². The number of halogens is 2. The van der Waals surface area contributed by atoms with Crippen LogP contribution >= 0.6 is 23.2 Å². The molecule has 0 saturated carbocycles. The van der Waals surface area contributed by atoms with Crippen LogP contribution in [0.3, 0.4) is 0 Å². The lowest BCUT2D eigenvalue weighted by molar-refractivity contribution is -0.139. The molecule has 3 aromatic rings. The Bertz CT molecular complexity index is 1410. The minimum Gasteiger partial charge on any atom is -0.497 e. The molecule has 0 aliphatic heterocycles. The molecule has 1 N–H and O–H groups in total. The molecular weight excluding hydrogens is 573 g/mol. The molecule has 3 rings (SSSR count). The van der Waals surface area contributed by atoms with E-state index in [0.717, 1.165) is 21.9 Å². The van der Waals surface area contributed by atoms with Crippen molar-refractivity contribution in [3.05, 3.63) is 87.9 Å². The first-order valence-corrected chi connectivity index (χ1v) is 14.9. The number of rotatable bonds is 12. The average Bonchev–Trinajstić information content (AvgIpc) is 2.92. The quantitative estimate of drug-likeness (QED) is 0.296. The van der Waals surface area contributed by atoms with E-state index >= 15 is 0 Å². The SMILES string of the molecule is CCCNC(=O)[C@@H](C)N(Cc1ccc(OC)cc1)C(=O)CN(c1cc(Cl)cc(Cl)c1)S(=O)(=O)c1ccc(C)cc1. The molecule has 214 valence electrons. The van der Waals surface area contributed by atoms with Gasteiger partial charge in [0.15, 0.2) is 0 Å². The Morgan fingerprint density at radius 1 is 0.975 bits per heavy atom. The van der Waals surface area contributed by atoms with Gasteiger partial charge >= 0.3 is 0 Å². The van der Waals surface area contributed by atoms with E-state index < -0.39 is 28.5 Å². The van der Waals surface area contributed by atoms with Crippen LogP contribution in [0.1, 0.15) is 31.4 Å². The van der Waals surface area contributed by atoms with Crippen LogP contribution in [0.25, 0.3) is 0 Å². The Labute approximate surface area is 245 Å². The molecule has 0 aromatic heterocycles. The number of amides is 2. The highest BCUT2D eigenvalue weighted by Crippen LogP contribution is 2.30. The van der Waals surface area contributed by atoms with Crippen LogP contribution in [0.2, 0.25) is 10.0 Å². The lowest BCUT2D eigenvalue weighted by atomic mass is 10.1. The van der Waals surface area contributed by atoms with E-state index in [9.17, 15) is 18.0 Å². The Hall–Kier alpha value is -3.27. The number of nitrogens with one attached hydrogen (secondary N) is 1. The molecule has 2 amide bonds. The third kappa shape index (κ3) is 7.90. The summed E-state index contributed by atoms with van der Waals surface area (Å²) in [6, 6.07) is 16.8. The van der Waals surface area contributed by atoms with Gasteiger partial charge in [-0.1, -0.05) is 60.0 Å².